The van der Waals surface area contributed by atoms with Crippen molar-refractivity contribution in [2.24, 2.45) is 0 Å². The minimum Gasteiger partial charge on any atom is -0.493 e. The van der Waals surface area contributed by atoms with Crippen molar-refractivity contribution in [3.05, 3.63) is 87.5 Å². The van der Waals surface area contributed by atoms with Gasteiger partial charge in [0.2, 0.25) is 5.91 Å². The van der Waals surface area contributed by atoms with Crippen LogP contribution in [0.4, 0.5) is 14.9 Å². The first-order valence-corrected chi connectivity index (χ1v) is 13.8. The second-order valence-electron chi connectivity index (χ2n) is 8.16. The fourth-order valence-electron chi connectivity index (χ4n) is 3.53. The molecule has 0 saturated carbocycles. The number of nitrogens with zero attached hydrogens (tertiary/aromatic N) is 1. The first-order valence-electron chi connectivity index (χ1n) is 11.2. The Labute approximate surface area is 232 Å². The van der Waals surface area contributed by atoms with Crippen molar-refractivity contribution in [3.63, 3.8) is 0 Å². The maximum atomic E-state index is 13.3. The Bertz CT molecular complexity index is 1610. The van der Waals surface area contributed by atoms with Crippen LogP contribution in [0.15, 0.2) is 70.5 Å². The minimum atomic E-state index is -4.29. The number of amides is 3. The quantitative estimate of drug-likeness (QED) is 0.272. The Morgan fingerprint density at radius 3 is 2.44 bits per heavy atom. The lowest BCUT2D eigenvalue weighted by Crippen LogP contribution is -2.27. The van der Waals surface area contributed by atoms with Gasteiger partial charge in [-0.05, 0) is 77.5 Å². The summed E-state index contributed by atoms with van der Waals surface area (Å²) in [6, 6.07) is 13.4. The number of imide groups is 1. The molecule has 4 rings (SSSR count). The van der Waals surface area contributed by atoms with Crippen molar-refractivity contribution in [1.29, 1.82) is 0 Å². The van der Waals surface area contributed by atoms with Crippen LogP contribution in [-0.2, 0) is 26.3 Å². The highest BCUT2D eigenvalue weighted by atomic mass is 35.5. The lowest BCUT2D eigenvalue weighted by Gasteiger charge is -2.13. The summed E-state index contributed by atoms with van der Waals surface area (Å²) in [5.41, 5.74) is 1.18. The van der Waals surface area contributed by atoms with Crippen LogP contribution >= 0.6 is 23.4 Å². The van der Waals surface area contributed by atoms with Crippen molar-refractivity contribution >= 4 is 62.3 Å². The van der Waals surface area contributed by atoms with E-state index in [0.717, 1.165) is 11.0 Å². The molecule has 0 aliphatic carbocycles. The molecule has 1 aliphatic rings. The van der Waals surface area contributed by atoms with Gasteiger partial charge in [-0.1, -0.05) is 23.7 Å². The summed E-state index contributed by atoms with van der Waals surface area (Å²) in [4.78, 5) is 37.6. The lowest BCUT2D eigenvalue weighted by atomic mass is 10.1. The second kappa shape index (κ2) is 11.5. The first kappa shape index (κ1) is 28.1. The predicted molar refractivity (Wildman–Crippen MR) is 144 cm³/mol. The van der Waals surface area contributed by atoms with E-state index in [1.165, 1.54) is 68.6 Å². The van der Waals surface area contributed by atoms with Crippen LogP contribution < -0.4 is 14.2 Å². The molecule has 13 heteroatoms. The number of hydrogen-bond acceptors (Lipinski definition) is 8. The summed E-state index contributed by atoms with van der Waals surface area (Å²) in [5, 5.41) is 2.09. The van der Waals surface area contributed by atoms with Crippen LogP contribution in [0.2, 0.25) is 5.02 Å². The lowest BCUT2D eigenvalue weighted by molar-refractivity contribution is -0.123. The molecule has 3 aromatic rings. The third-order valence-electron chi connectivity index (χ3n) is 5.37. The second-order valence-corrected chi connectivity index (χ2v) is 11.1. The normalized spacial score (nSPS) is 14.6. The molecule has 0 atom stereocenters. The fourth-order valence-corrected chi connectivity index (χ4v) is 5.53. The summed E-state index contributed by atoms with van der Waals surface area (Å²) in [5.74, 6) is -1.46. The molecule has 0 radical (unpaired) electrons. The van der Waals surface area contributed by atoms with E-state index in [1.54, 1.807) is 6.07 Å². The molecule has 3 aromatic carbocycles. The van der Waals surface area contributed by atoms with Crippen molar-refractivity contribution in [3.8, 4) is 11.5 Å². The van der Waals surface area contributed by atoms with Gasteiger partial charge in [-0.25, -0.2) is 4.39 Å². The average molecular weight is 591 g/mol. The van der Waals surface area contributed by atoms with Crippen molar-refractivity contribution in [1.82, 2.24) is 4.90 Å². The number of benzene rings is 3. The van der Waals surface area contributed by atoms with Crippen molar-refractivity contribution in [2.45, 2.75) is 18.4 Å². The summed E-state index contributed by atoms with van der Waals surface area (Å²) >= 11 is 6.74. The SMILES string of the molecule is COc1ccc(/C=C2\SC(=O)N(Cc3ccc(F)cc3Cl)C2=O)cc1OS(=O)(=O)c1ccc(NC(C)=O)cc1. The number of hydrogen-bond donors (Lipinski definition) is 1. The Morgan fingerprint density at radius 2 is 1.79 bits per heavy atom. The monoisotopic (exact) mass is 590 g/mol. The van der Waals surface area contributed by atoms with E-state index in [1.807, 2.05) is 0 Å². The van der Waals surface area contributed by atoms with E-state index in [2.05, 4.69) is 5.32 Å². The van der Waals surface area contributed by atoms with E-state index in [9.17, 15) is 27.2 Å². The Balaban J connectivity index is 1.57. The van der Waals surface area contributed by atoms with Gasteiger partial charge in [0.05, 0.1) is 18.6 Å². The molecule has 202 valence electrons. The molecular formula is C26H20ClFN2O7S2. The van der Waals surface area contributed by atoms with Crippen LogP contribution in [0, 0.1) is 5.82 Å². The molecule has 3 amide bonds. The van der Waals surface area contributed by atoms with Gasteiger partial charge < -0.3 is 14.2 Å². The molecular weight excluding hydrogens is 571 g/mol. The van der Waals surface area contributed by atoms with Gasteiger partial charge in [0.25, 0.3) is 11.1 Å². The number of halogens is 2. The summed E-state index contributed by atoms with van der Waals surface area (Å²) in [6.45, 7) is 1.19. The topological polar surface area (TPSA) is 119 Å². The number of rotatable bonds is 8. The highest BCUT2D eigenvalue weighted by molar-refractivity contribution is 8.18. The third kappa shape index (κ3) is 6.59. The molecule has 1 saturated heterocycles. The first-order chi connectivity index (χ1) is 18.5. The van der Waals surface area contributed by atoms with Crippen LogP contribution in [0.1, 0.15) is 18.1 Å². The summed E-state index contributed by atoms with van der Waals surface area (Å²) < 4.78 is 49.7. The number of nitrogens with one attached hydrogen (secondary N) is 1. The van der Waals surface area contributed by atoms with Gasteiger partial charge in [-0.2, -0.15) is 8.42 Å². The molecule has 39 heavy (non-hydrogen) atoms. The van der Waals surface area contributed by atoms with Crippen molar-refractivity contribution in [2.75, 3.05) is 12.4 Å². The maximum Gasteiger partial charge on any atom is 0.339 e. The largest absolute Gasteiger partial charge is 0.493 e. The van der Waals surface area contributed by atoms with E-state index >= 15 is 0 Å². The number of ether oxygens (including phenoxy) is 1. The number of thioether (sulfide) groups is 1. The average Bonchev–Trinajstić information content (AvgIpc) is 3.12. The maximum absolute atomic E-state index is 13.3. The smallest absolute Gasteiger partial charge is 0.339 e. The van der Waals surface area contributed by atoms with Gasteiger partial charge in [-0.15, -0.1) is 0 Å². The fraction of sp³-hybridized carbons (Fsp3) is 0.115. The molecule has 0 spiro atoms. The highest BCUT2D eigenvalue weighted by Gasteiger charge is 2.35. The zero-order chi connectivity index (χ0) is 28.3. The van der Waals surface area contributed by atoms with E-state index in [0.29, 0.717) is 28.6 Å². The molecule has 1 aliphatic heterocycles. The van der Waals surface area contributed by atoms with Gasteiger partial charge >= 0.3 is 10.1 Å². The molecule has 0 bridgehead atoms. The number of carbonyl (C=O) groups excluding carboxylic acids is 3. The molecule has 0 unspecified atom stereocenters. The van der Waals surface area contributed by atoms with Gasteiger partial charge in [-0.3, -0.25) is 19.3 Å². The van der Waals surface area contributed by atoms with Crippen LogP contribution in [-0.4, -0.2) is 37.5 Å². The van der Waals surface area contributed by atoms with E-state index in [-0.39, 0.29) is 38.8 Å². The molecule has 9 nitrogen and oxygen atoms in total. The van der Waals surface area contributed by atoms with Gasteiger partial charge in [0.1, 0.15) is 10.7 Å². The molecule has 1 heterocycles. The third-order valence-corrected chi connectivity index (χ3v) is 7.87. The molecule has 1 N–H and O–H groups in total. The van der Waals surface area contributed by atoms with Crippen LogP contribution in [0.3, 0.4) is 0 Å². The van der Waals surface area contributed by atoms with Crippen LogP contribution in [0.5, 0.6) is 11.5 Å². The zero-order valence-electron chi connectivity index (χ0n) is 20.4. The van der Waals surface area contributed by atoms with E-state index < -0.39 is 27.1 Å². The number of methoxy groups -OCH3 is 1. The predicted octanol–water partition coefficient (Wildman–Crippen LogP) is 5.45. The highest BCUT2D eigenvalue weighted by Crippen LogP contribution is 2.36. The minimum absolute atomic E-state index is 0.0842. The van der Waals surface area contributed by atoms with Crippen LogP contribution in [0.25, 0.3) is 6.08 Å². The number of anilines is 1. The number of carbonyl (C=O) groups is 3. The zero-order valence-corrected chi connectivity index (χ0v) is 22.8. The Morgan fingerprint density at radius 1 is 1.08 bits per heavy atom. The summed E-state index contributed by atoms with van der Waals surface area (Å²) in [7, 11) is -2.96. The standard InChI is InChI=1S/C26H20ClFN2O7S2/c1-15(31)29-19-6-8-20(9-7-19)39(34,35)37-23-11-16(3-10-22(23)36-2)12-24-25(32)30(26(33)38-24)14-17-4-5-18(28)13-21(17)27/h3-13H,14H2,1-2H3,(H,29,31)/b24-12-. The van der Waals surface area contributed by atoms with Gasteiger partial charge in [0, 0.05) is 17.6 Å². The van der Waals surface area contributed by atoms with Crippen molar-refractivity contribution < 1.29 is 36.1 Å². The molecule has 0 aromatic heterocycles. The Hall–Kier alpha value is -3.87. The molecule has 1 fully saturated rings. The van der Waals surface area contributed by atoms with E-state index in [4.69, 9.17) is 20.5 Å². The Kier molecular flexibility index (Phi) is 8.28. The summed E-state index contributed by atoms with van der Waals surface area (Å²) in [6.07, 6.45) is 1.41. The van der Waals surface area contributed by atoms with Gasteiger partial charge in [0.15, 0.2) is 11.5 Å².